The second-order valence-corrected chi connectivity index (χ2v) is 5.81. The Labute approximate surface area is 112 Å². The molecule has 5 heteroatoms. The number of aryl methyl sites for hydroxylation is 1. The second kappa shape index (κ2) is 4.92. The van der Waals surface area contributed by atoms with Crippen molar-refractivity contribution < 1.29 is 8.78 Å². The predicted octanol–water partition coefficient (Wildman–Crippen LogP) is 5.32. The number of thiophene rings is 1. The third-order valence-electron chi connectivity index (χ3n) is 2.39. The molecule has 1 unspecified atom stereocenters. The van der Waals surface area contributed by atoms with Gasteiger partial charge in [0, 0.05) is 16.5 Å². The molecule has 0 saturated carbocycles. The molecule has 17 heavy (non-hydrogen) atoms. The molecule has 0 saturated heterocycles. The Morgan fingerprint density at radius 2 is 1.88 bits per heavy atom. The monoisotopic (exact) mass is 292 g/mol. The first-order chi connectivity index (χ1) is 7.99. The van der Waals surface area contributed by atoms with Crippen LogP contribution in [-0.4, -0.2) is 0 Å². The van der Waals surface area contributed by atoms with E-state index < -0.39 is 17.0 Å². The second-order valence-electron chi connectivity index (χ2n) is 3.63. The van der Waals surface area contributed by atoms with E-state index in [-0.39, 0.29) is 5.56 Å². The van der Waals surface area contributed by atoms with E-state index in [4.69, 9.17) is 23.2 Å². The Bertz CT molecular complexity index is 551. The summed E-state index contributed by atoms with van der Waals surface area (Å²) >= 11 is 13.2. The lowest BCUT2D eigenvalue weighted by Gasteiger charge is -2.10. The van der Waals surface area contributed by atoms with Crippen molar-refractivity contribution >= 4 is 34.5 Å². The summed E-state index contributed by atoms with van der Waals surface area (Å²) in [5.41, 5.74) is 0.638. The van der Waals surface area contributed by atoms with E-state index in [1.807, 2.05) is 0 Å². The SMILES string of the molecule is Cc1cc(C(Cl)c2ccc(Cl)s2)c(F)cc1F. The van der Waals surface area contributed by atoms with Gasteiger partial charge in [-0.2, -0.15) is 0 Å². The van der Waals surface area contributed by atoms with Crippen molar-refractivity contribution in [3.63, 3.8) is 0 Å². The van der Waals surface area contributed by atoms with Gasteiger partial charge in [-0.3, -0.25) is 0 Å². The first-order valence-corrected chi connectivity index (χ1v) is 6.47. The maximum absolute atomic E-state index is 13.6. The van der Waals surface area contributed by atoms with E-state index in [2.05, 4.69) is 0 Å². The van der Waals surface area contributed by atoms with Gasteiger partial charge in [0.1, 0.15) is 11.6 Å². The lowest BCUT2D eigenvalue weighted by molar-refractivity contribution is 0.568. The van der Waals surface area contributed by atoms with Crippen LogP contribution in [0.1, 0.15) is 21.4 Å². The normalized spacial score (nSPS) is 12.8. The van der Waals surface area contributed by atoms with Crippen LogP contribution in [0.5, 0.6) is 0 Å². The fourth-order valence-corrected chi connectivity index (χ4v) is 2.92. The summed E-state index contributed by atoms with van der Waals surface area (Å²) < 4.78 is 27.3. The molecular weight excluding hydrogens is 285 g/mol. The summed E-state index contributed by atoms with van der Waals surface area (Å²) in [4.78, 5) is 0.738. The summed E-state index contributed by atoms with van der Waals surface area (Å²) in [5, 5.41) is -0.646. The average molecular weight is 293 g/mol. The maximum atomic E-state index is 13.6. The first-order valence-electron chi connectivity index (χ1n) is 4.84. The Hall–Kier alpha value is -0.640. The average Bonchev–Trinajstić information content (AvgIpc) is 2.69. The van der Waals surface area contributed by atoms with Crippen LogP contribution in [0.3, 0.4) is 0 Å². The van der Waals surface area contributed by atoms with Gasteiger partial charge in [-0.15, -0.1) is 22.9 Å². The predicted molar refractivity (Wildman–Crippen MR) is 68.1 cm³/mol. The van der Waals surface area contributed by atoms with Crippen molar-refractivity contribution in [3.8, 4) is 0 Å². The minimum atomic E-state index is -0.646. The van der Waals surface area contributed by atoms with Crippen molar-refractivity contribution in [2.45, 2.75) is 12.3 Å². The van der Waals surface area contributed by atoms with Gasteiger partial charge in [0.15, 0.2) is 0 Å². The summed E-state index contributed by atoms with van der Waals surface area (Å²) in [7, 11) is 0. The molecule has 0 N–H and O–H groups in total. The summed E-state index contributed by atoms with van der Waals surface area (Å²) in [6.45, 7) is 1.57. The molecule has 2 aromatic rings. The molecule has 0 radical (unpaired) electrons. The zero-order valence-corrected chi connectivity index (χ0v) is 11.1. The summed E-state index contributed by atoms with van der Waals surface area (Å²) in [6.07, 6.45) is 0. The van der Waals surface area contributed by atoms with Gasteiger partial charge in [0.2, 0.25) is 0 Å². The topological polar surface area (TPSA) is 0 Å². The minimum Gasteiger partial charge on any atom is -0.207 e. The Balaban J connectivity index is 2.43. The molecule has 0 spiro atoms. The Morgan fingerprint density at radius 3 is 2.47 bits per heavy atom. The zero-order chi connectivity index (χ0) is 12.6. The van der Waals surface area contributed by atoms with Crippen molar-refractivity contribution in [2.75, 3.05) is 0 Å². The van der Waals surface area contributed by atoms with E-state index in [1.54, 1.807) is 19.1 Å². The van der Waals surface area contributed by atoms with Gasteiger partial charge in [0.25, 0.3) is 0 Å². The van der Waals surface area contributed by atoms with E-state index >= 15 is 0 Å². The number of hydrogen-bond acceptors (Lipinski definition) is 1. The third kappa shape index (κ3) is 2.62. The number of alkyl halides is 1. The molecule has 0 nitrogen and oxygen atoms in total. The molecule has 0 aliphatic rings. The first kappa shape index (κ1) is 12.8. The highest BCUT2D eigenvalue weighted by Gasteiger charge is 2.18. The van der Waals surface area contributed by atoms with Crippen LogP contribution >= 0.6 is 34.5 Å². The van der Waals surface area contributed by atoms with Gasteiger partial charge in [-0.1, -0.05) is 11.6 Å². The molecule has 1 atom stereocenters. The van der Waals surface area contributed by atoms with Crippen LogP contribution < -0.4 is 0 Å². The van der Waals surface area contributed by atoms with Gasteiger partial charge in [0.05, 0.1) is 9.71 Å². The highest BCUT2D eigenvalue weighted by molar-refractivity contribution is 7.16. The van der Waals surface area contributed by atoms with Crippen LogP contribution in [0.2, 0.25) is 4.34 Å². The van der Waals surface area contributed by atoms with Crippen LogP contribution in [0, 0.1) is 18.6 Å². The molecule has 0 aliphatic heterocycles. The summed E-state index contributed by atoms with van der Waals surface area (Å²) in [5.74, 6) is -1.21. The van der Waals surface area contributed by atoms with E-state index in [9.17, 15) is 8.78 Å². The molecule has 2 rings (SSSR count). The minimum absolute atomic E-state index is 0.268. The smallest absolute Gasteiger partial charge is 0.131 e. The van der Waals surface area contributed by atoms with Crippen LogP contribution in [0.15, 0.2) is 24.3 Å². The molecule has 0 amide bonds. The molecule has 1 aromatic heterocycles. The highest BCUT2D eigenvalue weighted by atomic mass is 35.5. The Kier molecular flexibility index (Phi) is 3.71. The van der Waals surface area contributed by atoms with E-state index in [0.29, 0.717) is 9.90 Å². The van der Waals surface area contributed by atoms with Crippen LogP contribution in [-0.2, 0) is 0 Å². The largest absolute Gasteiger partial charge is 0.207 e. The lowest BCUT2D eigenvalue weighted by Crippen LogP contribution is -1.98. The third-order valence-corrected chi connectivity index (χ3v) is 4.29. The summed E-state index contributed by atoms with van der Waals surface area (Å²) in [6, 6.07) is 5.72. The van der Waals surface area contributed by atoms with Gasteiger partial charge < -0.3 is 0 Å². The fourth-order valence-electron chi connectivity index (χ4n) is 1.49. The van der Waals surface area contributed by atoms with Crippen molar-refractivity contribution in [1.82, 2.24) is 0 Å². The molecule has 1 aromatic carbocycles. The molecule has 1 heterocycles. The maximum Gasteiger partial charge on any atom is 0.131 e. The zero-order valence-electron chi connectivity index (χ0n) is 8.81. The van der Waals surface area contributed by atoms with Gasteiger partial charge in [-0.25, -0.2) is 8.78 Å². The van der Waals surface area contributed by atoms with Gasteiger partial charge in [-0.05, 0) is 30.7 Å². The molecule has 0 bridgehead atoms. The number of benzene rings is 1. The lowest BCUT2D eigenvalue weighted by atomic mass is 10.1. The van der Waals surface area contributed by atoms with Gasteiger partial charge >= 0.3 is 0 Å². The molecule has 0 aliphatic carbocycles. The van der Waals surface area contributed by atoms with E-state index in [1.165, 1.54) is 17.4 Å². The molecule has 90 valence electrons. The van der Waals surface area contributed by atoms with Crippen molar-refractivity contribution in [1.29, 1.82) is 0 Å². The van der Waals surface area contributed by atoms with Crippen LogP contribution in [0.4, 0.5) is 8.78 Å². The standard InChI is InChI=1S/C12H8Cl2F2S/c1-6-4-7(9(16)5-8(6)15)12(14)10-2-3-11(13)17-10/h2-5,12H,1H3. The Morgan fingerprint density at radius 1 is 1.18 bits per heavy atom. The molecular formula is C12H8Cl2F2S. The highest BCUT2D eigenvalue weighted by Crippen LogP contribution is 2.37. The van der Waals surface area contributed by atoms with Crippen molar-refractivity contribution in [3.05, 3.63) is 56.2 Å². The number of rotatable bonds is 2. The number of hydrogen-bond donors (Lipinski definition) is 0. The fraction of sp³-hybridized carbons (Fsp3) is 0.167. The molecule has 0 fully saturated rings. The quantitative estimate of drug-likeness (QED) is 0.658. The van der Waals surface area contributed by atoms with Crippen LogP contribution in [0.25, 0.3) is 0 Å². The van der Waals surface area contributed by atoms with Crippen molar-refractivity contribution in [2.24, 2.45) is 0 Å². The number of halogens is 4. The van der Waals surface area contributed by atoms with E-state index in [0.717, 1.165) is 10.9 Å².